The van der Waals surface area contributed by atoms with E-state index in [1.54, 1.807) is 12.1 Å². The van der Waals surface area contributed by atoms with Crippen molar-refractivity contribution in [2.75, 3.05) is 5.32 Å². The van der Waals surface area contributed by atoms with E-state index in [0.29, 0.717) is 5.95 Å². The molecule has 3 N–H and O–H groups in total. The molecule has 0 amide bonds. The van der Waals surface area contributed by atoms with Crippen LogP contribution in [0.1, 0.15) is 26.3 Å². The summed E-state index contributed by atoms with van der Waals surface area (Å²) in [6.45, 7) is 6.60. The van der Waals surface area contributed by atoms with Crippen molar-refractivity contribution in [1.29, 1.82) is 0 Å². The molecule has 0 unspecified atom stereocenters. The first-order valence-electron chi connectivity index (χ1n) is 8.39. The molecular formula is C21H21N3O. The zero-order valence-corrected chi connectivity index (χ0v) is 14.6. The molecule has 0 aliphatic heterocycles. The molecule has 4 heteroatoms. The number of phenols is 1. The highest BCUT2D eigenvalue weighted by atomic mass is 16.3. The van der Waals surface area contributed by atoms with E-state index in [1.165, 1.54) is 5.56 Å². The predicted octanol–water partition coefficient (Wildman–Crippen LogP) is 5.46. The molecular weight excluding hydrogens is 310 g/mol. The van der Waals surface area contributed by atoms with Crippen LogP contribution >= 0.6 is 0 Å². The van der Waals surface area contributed by atoms with Crippen molar-refractivity contribution in [3.63, 3.8) is 0 Å². The molecule has 0 saturated heterocycles. The molecule has 0 radical (unpaired) electrons. The summed E-state index contributed by atoms with van der Waals surface area (Å²) >= 11 is 0. The van der Waals surface area contributed by atoms with Crippen LogP contribution in [-0.4, -0.2) is 15.1 Å². The number of aromatic nitrogens is 2. The van der Waals surface area contributed by atoms with Crippen molar-refractivity contribution in [3.8, 4) is 5.75 Å². The fourth-order valence-corrected chi connectivity index (χ4v) is 3.03. The molecule has 1 aromatic heterocycles. The van der Waals surface area contributed by atoms with E-state index in [0.717, 1.165) is 27.5 Å². The molecule has 3 aromatic carbocycles. The van der Waals surface area contributed by atoms with Gasteiger partial charge in [0.2, 0.25) is 5.95 Å². The molecule has 0 aliphatic rings. The van der Waals surface area contributed by atoms with Crippen molar-refractivity contribution >= 4 is 33.4 Å². The van der Waals surface area contributed by atoms with Gasteiger partial charge in [-0.25, -0.2) is 4.98 Å². The number of hydrogen-bond acceptors (Lipinski definition) is 3. The quantitative estimate of drug-likeness (QED) is 0.457. The monoisotopic (exact) mass is 331 g/mol. The second-order valence-corrected chi connectivity index (χ2v) is 7.40. The highest BCUT2D eigenvalue weighted by Crippen LogP contribution is 2.30. The molecule has 4 aromatic rings. The Morgan fingerprint density at radius 1 is 1.00 bits per heavy atom. The summed E-state index contributed by atoms with van der Waals surface area (Å²) in [5.41, 5.74) is 4.21. The standard InChI is InChI=1S/C21H21N3O/c1-21(2,3)14-8-10-18-19(11-14)24-20(23-18)22-17-6-4-5-13-7-9-15(25)12-16(13)17/h4-12,25H,1-3H3,(H2,22,23,24). The van der Waals surface area contributed by atoms with E-state index in [9.17, 15) is 5.11 Å². The highest BCUT2D eigenvalue weighted by molar-refractivity contribution is 5.96. The summed E-state index contributed by atoms with van der Waals surface area (Å²) in [7, 11) is 0. The van der Waals surface area contributed by atoms with E-state index in [2.05, 4.69) is 48.2 Å². The Bertz CT molecular complexity index is 1070. The van der Waals surface area contributed by atoms with Crippen molar-refractivity contribution in [3.05, 3.63) is 60.2 Å². The SMILES string of the molecule is CC(C)(C)c1ccc2nc(Nc3cccc4ccc(O)cc34)[nH]c2c1. The van der Waals surface area contributed by atoms with Crippen LogP contribution in [0.15, 0.2) is 54.6 Å². The molecule has 0 spiro atoms. The van der Waals surface area contributed by atoms with Gasteiger partial charge in [-0.3, -0.25) is 0 Å². The van der Waals surface area contributed by atoms with Gasteiger partial charge < -0.3 is 15.4 Å². The number of aromatic amines is 1. The number of hydrogen-bond donors (Lipinski definition) is 3. The van der Waals surface area contributed by atoms with Crippen molar-refractivity contribution in [2.45, 2.75) is 26.2 Å². The normalized spacial score (nSPS) is 12.0. The average Bonchev–Trinajstić information content (AvgIpc) is 2.96. The topological polar surface area (TPSA) is 60.9 Å². The fraction of sp³-hybridized carbons (Fsp3) is 0.190. The largest absolute Gasteiger partial charge is 0.508 e. The van der Waals surface area contributed by atoms with E-state index in [-0.39, 0.29) is 11.2 Å². The molecule has 126 valence electrons. The van der Waals surface area contributed by atoms with Crippen LogP contribution in [0.3, 0.4) is 0 Å². The number of fused-ring (bicyclic) bond motifs is 2. The van der Waals surface area contributed by atoms with Gasteiger partial charge in [-0.15, -0.1) is 0 Å². The molecule has 0 aliphatic carbocycles. The first kappa shape index (κ1) is 15.5. The summed E-state index contributed by atoms with van der Waals surface area (Å²) < 4.78 is 0. The lowest BCUT2D eigenvalue weighted by atomic mass is 9.87. The lowest BCUT2D eigenvalue weighted by molar-refractivity contribution is 0.476. The summed E-state index contributed by atoms with van der Waals surface area (Å²) in [4.78, 5) is 7.98. The number of anilines is 2. The van der Waals surface area contributed by atoms with E-state index >= 15 is 0 Å². The summed E-state index contributed by atoms with van der Waals surface area (Å²) in [5.74, 6) is 0.943. The van der Waals surface area contributed by atoms with Gasteiger partial charge in [0.25, 0.3) is 0 Å². The Labute approximate surface area is 146 Å². The van der Waals surface area contributed by atoms with Crippen LogP contribution in [0.2, 0.25) is 0 Å². The van der Waals surface area contributed by atoms with Crippen LogP contribution < -0.4 is 5.32 Å². The molecule has 0 bridgehead atoms. The molecule has 0 saturated carbocycles. The fourth-order valence-electron chi connectivity index (χ4n) is 3.03. The zero-order chi connectivity index (χ0) is 17.6. The minimum atomic E-state index is 0.0973. The summed E-state index contributed by atoms with van der Waals surface area (Å²) in [5, 5.41) is 15.2. The summed E-state index contributed by atoms with van der Waals surface area (Å²) in [6.07, 6.45) is 0. The Morgan fingerprint density at radius 2 is 1.84 bits per heavy atom. The van der Waals surface area contributed by atoms with Crippen molar-refractivity contribution in [1.82, 2.24) is 9.97 Å². The minimum absolute atomic E-state index is 0.0973. The van der Waals surface area contributed by atoms with E-state index in [1.807, 2.05) is 30.3 Å². The molecule has 0 atom stereocenters. The number of phenolic OH excluding ortho intramolecular Hbond substituents is 1. The van der Waals surface area contributed by atoms with Gasteiger partial charge in [0.1, 0.15) is 5.75 Å². The van der Waals surface area contributed by atoms with Gasteiger partial charge in [-0.1, -0.05) is 45.0 Å². The Balaban J connectivity index is 1.75. The maximum absolute atomic E-state index is 9.79. The molecule has 4 rings (SSSR count). The summed E-state index contributed by atoms with van der Waals surface area (Å²) in [6, 6.07) is 17.7. The van der Waals surface area contributed by atoms with Crippen molar-refractivity contribution in [2.24, 2.45) is 0 Å². The molecule has 4 nitrogen and oxygen atoms in total. The average molecular weight is 331 g/mol. The van der Waals surface area contributed by atoms with Gasteiger partial charge in [-0.2, -0.15) is 0 Å². The Hall–Kier alpha value is -3.01. The minimum Gasteiger partial charge on any atom is -0.508 e. The Kier molecular flexibility index (Phi) is 3.42. The zero-order valence-electron chi connectivity index (χ0n) is 14.6. The van der Waals surface area contributed by atoms with Crippen LogP contribution in [0.25, 0.3) is 21.8 Å². The molecule has 0 fully saturated rings. The highest BCUT2D eigenvalue weighted by Gasteiger charge is 2.15. The van der Waals surface area contributed by atoms with Crippen molar-refractivity contribution < 1.29 is 5.11 Å². The van der Waals surface area contributed by atoms with Gasteiger partial charge in [0, 0.05) is 11.1 Å². The number of H-pyrrole nitrogens is 1. The van der Waals surface area contributed by atoms with Crippen LogP contribution in [-0.2, 0) is 5.41 Å². The van der Waals surface area contributed by atoms with Gasteiger partial charge >= 0.3 is 0 Å². The second kappa shape index (κ2) is 5.52. The number of nitrogens with one attached hydrogen (secondary N) is 2. The predicted molar refractivity (Wildman–Crippen MR) is 104 cm³/mol. The number of benzene rings is 3. The number of nitrogens with zero attached hydrogens (tertiary/aromatic N) is 1. The smallest absolute Gasteiger partial charge is 0.205 e. The maximum Gasteiger partial charge on any atom is 0.205 e. The molecule has 1 heterocycles. The number of aromatic hydroxyl groups is 1. The van der Waals surface area contributed by atoms with Gasteiger partial charge in [0.05, 0.1) is 11.0 Å². The van der Waals surface area contributed by atoms with Crippen LogP contribution in [0.5, 0.6) is 5.75 Å². The second-order valence-electron chi connectivity index (χ2n) is 7.40. The van der Waals surface area contributed by atoms with Gasteiger partial charge in [-0.05, 0) is 46.7 Å². The Morgan fingerprint density at radius 3 is 2.64 bits per heavy atom. The third-order valence-corrected chi connectivity index (χ3v) is 4.47. The van der Waals surface area contributed by atoms with Gasteiger partial charge in [0.15, 0.2) is 0 Å². The van der Waals surface area contributed by atoms with E-state index in [4.69, 9.17) is 0 Å². The number of rotatable bonds is 2. The third kappa shape index (κ3) is 2.91. The molecule has 25 heavy (non-hydrogen) atoms. The number of imidazole rings is 1. The lowest BCUT2D eigenvalue weighted by Gasteiger charge is -2.18. The van der Waals surface area contributed by atoms with E-state index < -0.39 is 0 Å². The third-order valence-electron chi connectivity index (χ3n) is 4.47. The van der Waals surface area contributed by atoms with Crippen LogP contribution in [0, 0.1) is 0 Å². The first-order chi connectivity index (χ1) is 11.9. The first-order valence-corrected chi connectivity index (χ1v) is 8.39. The lowest BCUT2D eigenvalue weighted by Crippen LogP contribution is -2.10. The van der Waals surface area contributed by atoms with Crippen LogP contribution in [0.4, 0.5) is 11.6 Å². The maximum atomic E-state index is 9.79.